The van der Waals surface area contributed by atoms with E-state index < -0.39 is 0 Å². The lowest BCUT2D eigenvalue weighted by molar-refractivity contribution is 0.0958. The Morgan fingerprint density at radius 1 is 1.77 bits per heavy atom. The maximum absolute atomic E-state index is 11.1. The van der Waals surface area contributed by atoms with E-state index in [0.29, 0.717) is 11.7 Å². The molecule has 0 atom stereocenters. The molecule has 1 saturated heterocycles. The maximum atomic E-state index is 11.1. The third-order valence-corrected chi connectivity index (χ3v) is 2.10. The van der Waals surface area contributed by atoms with Crippen LogP contribution in [0.1, 0.15) is 16.5 Å². The zero-order valence-electron chi connectivity index (χ0n) is 7.32. The maximum Gasteiger partial charge on any atom is 0.273 e. The van der Waals surface area contributed by atoms with Crippen molar-refractivity contribution < 1.29 is 4.79 Å². The van der Waals surface area contributed by atoms with Crippen LogP contribution in [0.2, 0.25) is 0 Å². The van der Waals surface area contributed by atoms with Gasteiger partial charge in [-0.25, -0.2) is 4.68 Å². The van der Waals surface area contributed by atoms with Crippen LogP contribution in [0.25, 0.3) is 0 Å². The fourth-order valence-electron chi connectivity index (χ4n) is 1.15. The topological polar surface area (TPSA) is 71.8 Å². The highest BCUT2D eigenvalue weighted by Crippen LogP contribution is 2.09. The Balaban J connectivity index is 2.12. The van der Waals surface area contributed by atoms with Gasteiger partial charge in [-0.05, 0) is 0 Å². The predicted octanol–water partition coefficient (Wildman–Crippen LogP) is -1.22. The van der Waals surface area contributed by atoms with E-state index in [-0.39, 0.29) is 5.91 Å². The third kappa shape index (κ3) is 1.40. The molecule has 2 rings (SSSR count). The van der Waals surface area contributed by atoms with Gasteiger partial charge in [0.15, 0.2) is 5.69 Å². The molecule has 0 aromatic carbocycles. The van der Waals surface area contributed by atoms with Gasteiger partial charge in [0.05, 0.1) is 12.2 Å². The minimum absolute atomic E-state index is 0.196. The minimum Gasteiger partial charge on any atom is -0.354 e. The molecule has 1 aromatic rings. The number of nitrogens with one attached hydrogen (secondary N) is 2. The normalized spacial score (nSPS) is 16.7. The number of rotatable bonds is 2. The molecule has 0 radical (unpaired) electrons. The second-order valence-corrected chi connectivity index (χ2v) is 2.97. The summed E-state index contributed by atoms with van der Waals surface area (Å²) in [4.78, 5) is 11.1. The van der Waals surface area contributed by atoms with Crippen molar-refractivity contribution in [3.63, 3.8) is 0 Å². The van der Waals surface area contributed by atoms with Gasteiger partial charge in [-0.3, -0.25) is 4.79 Å². The summed E-state index contributed by atoms with van der Waals surface area (Å²) in [5, 5.41) is 13.3. The highest BCUT2D eigenvalue weighted by Gasteiger charge is 2.21. The Morgan fingerprint density at radius 2 is 2.54 bits per heavy atom. The van der Waals surface area contributed by atoms with Gasteiger partial charge in [-0.15, -0.1) is 5.10 Å². The largest absolute Gasteiger partial charge is 0.354 e. The van der Waals surface area contributed by atoms with Gasteiger partial charge >= 0.3 is 0 Å². The first-order chi connectivity index (χ1) is 6.31. The Labute approximate surface area is 75.3 Å². The Kier molecular flexibility index (Phi) is 1.97. The average molecular weight is 181 g/mol. The molecule has 1 amide bonds. The molecule has 0 aliphatic carbocycles. The molecule has 0 unspecified atom stereocenters. The summed E-state index contributed by atoms with van der Waals surface area (Å²) in [6, 6.07) is 0.353. The van der Waals surface area contributed by atoms with Crippen molar-refractivity contribution in [3.8, 4) is 0 Å². The van der Waals surface area contributed by atoms with Gasteiger partial charge in [0, 0.05) is 20.1 Å². The number of carbonyl (C=O) groups excluding carboxylic acids is 1. The lowest BCUT2D eigenvalue weighted by Crippen LogP contribution is -2.43. The van der Waals surface area contributed by atoms with Gasteiger partial charge in [0.25, 0.3) is 5.91 Å². The van der Waals surface area contributed by atoms with E-state index in [2.05, 4.69) is 20.9 Å². The predicted molar refractivity (Wildman–Crippen MR) is 45.3 cm³/mol. The highest BCUT2D eigenvalue weighted by molar-refractivity contribution is 5.91. The van der Waals surface area contributed by atoms with Crippen LogP contribution in [0, 0.1) is 0 Å². The first-order valence-electron chi connectivity index (χ1n) is 4.16. The van der Waals surface area contributed by atoms with E-state index in [1.807, 2.05) is 0 Å². The fraction of sp³-hybridized carbons (Fsp3) is 0.571. The van der Waals surface area contributed by atoms with E-state index in [1.54, 1.807) is 17.9 Å². The number of hydrogen-bond acceptors (Lipinski definition) is 4. The van der Waals surface area contributed by atoms with Crippen LogP contribution in [0.4, 0.5) is 0 Å². The number of nitrogens with zero attached hydrogens (tertiary/aromatic N) is 3. The zero-order chi connectivity index (χ0) is 9.26. The Hall–Kier alpha value is -1.43. The van der Waals surface area contributed by atoms with Crippen molar-refractivity contribution in [2.24, 2.45) is 0 Å². The Bertz CT molecular complexity index is 316. The molecule has 1 fully saturated rings. The molecule has 1 aliphatic rings. The van der Waals surface area contributed by atoms with Crippen molar-refractivity contribution in [2.75, 3.05) is 20.1 Å². The SMILES string of the molecule is CNC(=O)c1cn(C2CNC2)nn1. The molecule has 1 aromatic heterocycles. The summed E-state index contributed by atoms with van der Waals surface area (Å²) < 4.78 is 1.72. The van der Waals surface area contributed by atoms with Crippen LogP contribution in [0.5, 0.6) is 0 Å². The second kappa shape index (κ2) is 3.14. The summed E-state index contributed by atoms with van der Waals surface area (Å²) in [5.41, 5.74) is 0.370. The van der Waals surface area contributed by atoms with Crippen molar-refractivity contribution in [1.29, 1.82) is 0 Å². The van der Waals surface area contributed by atoms with Gasteiger partial charge in [-0.1, -0.05) is 5.21 Å². The summed E-state index contributed by atoms with van der Waals surface area (Å²) in [7, 11) is 1.58. The van der Waals surface area contributed by atoms with E-state index in [4.69, 9.17) is 0 Å². The minimum atomic E-state index is -0.196. The van der Waals surface area contributed by atoms with Gasteiger partial charge in [-0.2, -0.15) is 0 Å². The first-order valence-corrected chi connectivity index (χ1v) is 4.16. The van der Waals surface area contributed by atoms with Crippen molar-refractivity contribution in [3.05, 3.63) is 11.9 Å². The lowest BCUT2D eigenvalue weighted by atomic mass is 10.2. The van der Waals surface area contributed by atoms with Crippen LogP contribution in [0.3, 0.4) is 0 Å². The second-order valence-electron chi connectivity index (χ2n) is 2.97. The molecule has 2 heterocycles. The third-order valence-electron chi connectivity index (χ3n) is 2.10. The first kappa shape index (κ1) is 8.18. The quantitative estimate of drug-likeness (QED) is 0.600. The molecule has 2 N–H and O–H groups in total. The molecule has 0 bridgehead atoms. The van der Waals surface area contributed by atoms with E-state index in [0.717, 1.165) is 13.1 Å². The van der Waals surface area contributed by atoms with E-state index >= 15 is 0 Å². The van der Waals surface area contributed by atoms with Crippen LogP contribution in [-0.2, 0) is 0 Å². The smallest absolute Gasteiger partial charge is 0.273 e. The summed E-state index contributed by atoms with van der Waals surface area (Å²) in [6.45, 7) is 1.80. The van der Waals surface area contributed by atoms with Crippen molar-refractivity contribution >= 4 is 5.91 Å². The molecule has 0 saturated carbocycles. The molecule has 0 spiro atoms. The van der Waals surface area contributed by atoms with Gasteiger partial charge in [0.2, 0.25) is 0 Å². The van der Waals surface area contributed by atoms with E-state index in [9.17, 15) is 4.79 Å². The van der Waals surface area contributed by atoms with Crippen LogP contribution >= 0.6 is 0 Å². The molecule has 13 heavy (non-hydrogen) atoms. The molecule has 70 valence electrons. The summed E-state index contributed by atoms with van der Waals surface area (Å²) >= 11 is 0. The number of hydrogen-bond donors (Lipinski definition) is 2. The molecule has 6 heteroatoms. The van der Waals surface area contributed by atoms with Crippen molar-refractivity contribution in [2.45, 2.75) is 6.04 Å². The highest BCUT2D eigenvalue weighted by atomic mass is 16.1. The number of carbonyl (C=O) groups is 1. The monoisotopic (exact) mass is 181 g/mol. The Morgan fingerprint density at radius 3 is 3.08 bits per heavy atom. The lowest BCUT2D eigenvalue weighted by Gasteiger charge is -2.26. The molecule has 1 aliphatic heterocycles. The number of amides is 1. The van der Waals surface area contributed by atoms with Crippen LogP contribution < -0.4 is 10.6 Å². The molecule has 6 nitrogen and oxygen atoms in total. The summed E-state index contributed by atoms with van der Waals surface area (Å²) in [6.07, 6.45) is 1.67. The number of aromatic nitrogens is 3. The fourth-order valence-corrected chi connectivity index (χ4v) is 1.15. The van der Waals surface area contributed by atoms with Crippen LogP contribution in [0.15, 0.2) is 6.20 Å². The standard InChI is InChI=1S/C7H11N5O/c1-8-7(13)6-4-12(11-10-6)5-2-9-3-5/h4-5,9H,2-3H2,1H3,(H,8,13). The molecular weight excluding hydrogens is 170 g/mol. The van der Waals surface area contributed by atoms with Crippen LogP contribution in [-0.4, -0.2) is 41.0 Å². The summed E-state index contributed by atoms with van der Waals surface area (Å²) in [5.74, 6) is -0.196. The van der Waals surface area contributed by atoms with Gasteiger partial charge < -0.3 is 10.6 Å². The van der Waals surface area contributed by atoms with E-state index in [1.165, 1.54) is 0 Å². The van der Waals surface area contributed by atoms with Crippen molar-refractivity contribution in [1.82, 2.24) is 25.6 Å². The zero-order valence-corrected chi connectivity index (χ0v) is 7.32. The van der Waals surface area contributed by atoms with Gasteiger partial charge in [0.1, 0.15) is 0 Å². The average Bonchev–Trinajstić information content (AvgIpc) is 2.49. The molecular formula is C7H11N5O.